The van der Waals surface area contributed by atoms with E-state index >= 15 is 4.39 Å². The van der Waals surface area contributed by atoms with Crippen molar-refractivity contribution in [2.75, 3.05) is 0 Å². The van der Waals surface area contributed by atoms with Gasteiger partial charge in [-0.2, -0.15) is 0 Å². The summed E-state index contributed by atoms with van der Waals surface area (Å²) in [5, 5.41) is 14.3. The fourth-order valence-electron chi connectivity index (χ4n) is 4.75. The molecule has 2 aromatic carbocycles. The quantitative estimate of drug-likeness (QED) is 0.277. The monoisotopic (exact) mass is 581 g/mol. The number of fused-ring (bicyclic) bond motifs is 5. The van der Waals surface area contributed by atoms with Crippen LogP contribution in [0.15, 0.2) is 48.8 Å². The summed E-state index contributed by atoms with van der Waals surface area (Å²) in [6.45, 7) is 0.725. The van der Waals surface area contributed by atoms with E-state index in [1.807, 2.05) is 12.1 Å². The molecule has 6 rings (SSSR count). The number of para-hydroxylation sites is 1. The predicted octanol–water partition coefficient (Wildman–Crippen LogP) is 1.53. The normalized spacial score (nSPS) is 21.4. The number of hydrogen-bond acceptors (Lipinski definition) is 4. The molecule has 0 aliphatic carbocycles. The van der Waals surface area contributed by atoms with Gasteiger partial charge >= 0.3 is 204 Å². The molecule has 4 heterocycles. The molecule has 1 fully saturated rings. The first-order chi connectivity index (χ1) is 16.2. The van der Waals surface area contributed by atoms with Crippen LogP contribution in [-0.4, -0.2) is 40.6 Å². The number of imidazole rings is 1. The fourth-order valence-corrected chi connectivity index (χ4v) is 7.98. The van der Waals surface area contributed by atoms with Gasteiger partial charge < -0.3 is 0 Å². The van der Waals surface area contributed by atoms with Crippen molar-refractivity contribution in [3.05, 3.63) is 66.0 Å². The number of hydrogen-bond donors (Lipinski definition) is 1. The third-order valence-corrected chi connectivity index (χ3v) is 9.58. The first-order valence-electron chi connectivity index (χ1n) is 10.8. The van der Waals surface area contributed by atoms with E-state index in [0.29, 0.717) is 30.1 Å². The van der Waals surface area contributed by atoms with Crippen LogP contribution in [0.3, 0.4) is 0 Å². The summed E-state index contributed by atoms with van der Waals surface area (Å²) in [6, 6.07) is 9.93. The number of ether oxygens (including phenoxy) is 1. The molecule has 4 aromatic rings. The van der Waals surface area contributed by atoms with Crippen LogP contribution in [-0.2, 0) is 6.54 Å². The molecule has 0 radical (unpaired) electrons. The SMILES string of the molecule is CC(C)(O)Cn1cc(-c2cc3c(cc2F)nc2n3[C@@H](c3ccccc3OC(F)F)[C@H]3[I-][C@@H]23)cn1. The van der Waals surface area contributed by atoms with E-state index in [9.17, 15) is 13.9 Å². The summed E-state index contributed by atoms with van der Waals surface area (Å²) in [5.41, 5.74) is 2.03. The number of aliphatic hydroxyl groups is 1. The number of benzene rings is 2. The van der Waals surface area contributed by atoms with Crippen molar-refractivity contribution in [3.63, 3.8) is 0 Å². The second-order valence-electron chi connectivity index (χ2n) is 9.23. The summed E-state index contributed by atoms with van der Waals surface area (Å²) in [4.78, 5) is 4.74. The standard InChI is InChI=1S/C24H21F3IN4O2/c1-24(2,33)11-31-10-12(9-29-31)14-7-17-16(8-15(14)25)30-22-20-19(28-20)21(32(17)22)13-5-3-4-6-18(13)34-23(26)27/h3-10,19-21,23,33H,11H2,1-2H3/q-1/t19-,20+,21-/m0/s1. The molecular weight excluding hydrogens is 560 g/mol. The van der Waals surface area contributed by atoms with E-state index in [0.717, 1.165) is 11.3 Å². The molecule has 1 N–H and O–H groups in total. The zero-order valence-electron chi connectivity index (χ0n) is 18.3. The average Bonchev–Trinajstić information content (AvgIpc) is 3.08. The number of rotatable bonds is 6. The molecule has 10 heteroatoms. The van der Waals surface area contributed by atoms with Gasteiger partial charge in [-0.15, -0.1) is 0 Å². The van der Waals surface area contributed by atoms with Crippen molar-refractivity contribution in [1.29, 1.82) is 0 Å². The number of aromatic nitrogens is 4. The van der Waals surface area contributed by atoms with Gasteiger partial charge in [-0.25, -0.2) is 0 Å². The summed E-state index contributed by atoms with van der Waals surface area (Å²) in [7, 11) is 0. The van der Waals surface area contributed by atoms with E-state index in [1.54, 1.807) is 49.1 Å². The summed E-state index contributed by atoms with van der Waals surface area (Å²) >= 11 is -0.157. The Morgan fingerprint density at radius 1 is 1.24 bits per heavy atom. The molecular formula is C24H21F3IN4O2-. The maximum atomic E-state index is 15.1. The maximum absolute atomic E-state index is 15.1. The van der Waals surface area contributed by atoms with E-state index in [4.69, 9.17) is 9.72 Å². The Labute approximate surface area is 203 Å². The second-order valence-corrected chi connectivity index (χ2v) is 12.7. The van der Waals surface area contributed by atoms with Crippen molar-refractivity contribution >= 4 is 11.0 Å². The van der Waals surface area contributed by atoms with Crippen LogP contribution in [0.1, 0.15) is 35.2 Å². The van der Waals surface area contributed by atoms with Gasteiger partial charge in [-0.3, -0.25) is 0 Å². The molecule has 1 saturated heterocycles. The molecule has 0 saturated carbocycles. The van der Waals surface area contributed by atoms with Crippen molar-refractivity contribution in [2.24, 2.45) is 0 Å². The van der Waals surface area contributed by atoms with Crippen molar-refractivity contribution in [1.82, 2.24) is 19.3 Å². The van der Waals surface area contributed by atoms with Crippen LogP contribution in [0.2, 0.25) is 0 Å². The molecule has 0 bridgehead atoms. The van der Waals surface area contributed by atoms with E-state index in [-0.39, 0.29) is 39.5 Å². The fraction of sp³-hybridized carbons (Fsp3) is 0.333. The average molecular weight is 581 g/mol. The third-order valence-electron chi connectivity index (χ3n) is 6.07. The Bertz CT molecular complexity index is 1410. The van der Waals surface area contributed by atoms with Crippen LogP contribution in [0, 0.1) is 5.82 Å². The molecule has 2 aromatic heterocycles. The van der Waals surface area contributed by atoms with Crippen molar-refractivity contribution in [2.45, 2.75) is 46.5 Å². The van der Waals surface area contributed by atoms with Crippen molar-refractivity contribution < 1.29 is 44.2 Å². The molecule has 178 valence electrons. The molecule has 3 atom stereocenters. The number of nitrogens with zero attached hydrogens (tertiary/aromatic N) is 4. The zero-order chi connectivity index (χ0) is 23.8. The Hall–Kier alpha value is -2.60. The van der Waals surface area contributed by atoms with Gasteiger partial charge in [0.25, 0.3) is 0 Å². The Balaban J connectivity index is 1.46. The topological polar surface area (TPSA) is 65.1 Å². The molecule has 34 heavy (non-hydrogen) atoms. The Morgan fingerprint density at radius 3 is 2.79 bits per heavy atom. The molecule has 0 unspecified atom stereocenters. The molecule has 6 nitrogen and oxygen atoms in total. The van der Waals surface area contributed by atoms with Gasteiger partial charge in [0, 0.05) is 0 Å². The molecule has 0 spiro atoms. The van der Waals surface area contributed by atoms with Gasteiger partial charge in [0.1, 0.15) is 0 Å². The van der Waals surface area contributed by atoms with Gasteiger partial charge in [-0.05, 0) is 0 Å². The minimum atomic E-state index is -2.91. The van der Waals surface area contributed by atoms with Gasteiger partial charge in [0.15, 0.2) is 0 Å². The summed E-state index contributed by atoms with van der Waals surface area (Å²) in [5.74, 6) is 0.660. The zero-order valence-corrected chi connectivity index (χ0v) is 20.4. The van der Waals surface area contributed by atoms with Gasteiger partial charge in [0.05, 0.1) is 0 Å². The molecule has 2 aliphatic heterocycles. The number of halogens is 4. The minimum absolute atomic E-state index is 0.157. The molecule has 2 aliphatic rings. The Kier molecular flexibility index (Phi) is 4.96. The van der Waals surface area contributed by atoms with Crippen LogP contribution >= 0.6 is 0 Å². The number of alkyl halides is 4. The van der Waals surface area contributed by atoms with Crippen LogP contribution in [0.25, 0.3) is 22.2 Å². The predicted molar refractivity (Wildman–Crippen MR) is 115 cm³/mol. The van der Waals surface area contributed by atoms with Gasteiger partial charge in [0.2, 0.25) is 0 Å². The first kappa shape index (κ1) is 21.9. The van der Waals surface area contributed by atoms with Crippen molar-refractivity contribution in [3.8, 4) is 16.9 Å². The van der Waals surface area contributed by atoms with E-state index in [1.165, 1.54) is 6.07 Å². The Morgan fingerprint density at radius 2 is 2.03 bits per heavy atom. The van der Waals surface area contributed by atoms with E-state index < -0.39 is 18.0 Å². The second kappa shape index (κ2) is 7.70. The molecule has 0 amide bonds. The summed E-state index contributed by atoms with van der Waals surface area (Å²) < 4.78 is 50.4. The van der Waals surface area contributed by atoms with Crippen LogP contribution < -0.4 is 25.9 Å². The van der Waals surface area contributed by atoms with Gasteiger partial charge in [-0.1, -0.05) is 0 Å². The third kappa shape index (κ3) is 3.67. The van der Waals surface area contributed by atoms with E-state index in [2.05, 4.69) is 9.67 Å². The van der Waals surface area contributed by atoms with Crippen LogP contribution in [0.4, 0.5) is 13.2 Å². The first-order valence-corrected chi connectivity index (χ1v) is 13.3. The van der Waals surface area contributed by atoms with Crippen LogP contribution in [0.5, 0.6) is 5.75 Å². The summed E-state index contributed by atoms with van der Waals surface area (Å²) in [6.07, 6.45) is 3.28.